The smallest absolute Gasteiger partial charge is 0.381 e. The summed E-state index contributed by atoms with van der Waals surface area (Å²) in [5, 5.41) is 0. The third kappa shape index (κ3) is 6.40. The molecule has 0 spiro atoms. The van der Waals surface area contributed by atoms with Gasteiger partial charge in [0.25, 0.3) is 0 Å². The molecular formula is C19H35F3N2O. The maximum atomic E-state index is 13.3. The number of piperazine rings is 1. The molecule has 0 unspecified atom stereocenters. The number of methoxy groups -OCH3 is 1. The maximum Gasteiger partial charge on any atom is 0.405 e. The van der Waals surface area contributed by atoms with Crippen LogP contribution in [0.25, 0.3) is 0 Å². The Morgan fingerprint density at radius 3 is 2.28 bits per heavy atom. The molecule has 2 aliphatic rings. The molecule has 1 saturated heterocycles. The van der Waals surface area contributed by atoms with E-state index >= 15 is 0 Å². The summed E-state index contributed by atoms with van der Waals surface area (Å²) in [6, 6.07) is -1.37. The number of unbranched alkanes of at least 4 members (excludes halogenated alkanes) is 1. The summed E-state index contributed by atoms with van der Waals surface area (Å²) < 4.78 is 45.4. The van der Waals surface area contributed by atoms with Gasteiger partial charge >= 0.3 is 6.18 Å². The first-order valence-electron chi connectivity index (χ1n) is 9.89. The van der Waals surface area contributed by atoms with Gasteiger partial charge in [0, 0.05) is 32.8 Å². The fourth-order valence-corrected chi connectivity index (χ4v) is 4.39. The van der Waals surface area contributed by atoms with Crippen LogP contribution < -0.4 is 0 Å². The summed E-state index contributed by atoms with van der Waals surface area (Å²) in [5.41, 5.74) is 0. The second kappa shape index (κ2) is 9.56. The van der Waals surface area contributed by atoms with Crippen molar-refractivity contribution in [2.75, 3.05) is 33.3 Å². The van der Waals surface area contributed by atoms with Crippen LogP contribution in [0.4, 0.5) is 13.2 Å². The van der Waals surface area contributed by atoms with E-state index in [1.807, 2.05) is 18.7 Å². The quantitative estimate of drug-likeness (QED) is 0.626. The number of nitrogens with zero attached hydrogens (tertiary/aromatic N) is 2. The van der Waals surface area contributed by atoms with Gasteiger partial charge in [0.15, 0.2) is 0 Å². The topological polar surface area (TPSA) is 15.7 Å². The van der Waals surface area contributed by atoms with Crippen molar-refractivity contribution in [1.29, 1.82) is 0 Å². The average Bonchev–Trinajstić information content (AvgIpc) is 2.58. The highest BCUT2D eigenvalue weighted by Crippen LogP contribution is 2.31. The van der Waals surface area contributed by atoms with E-state index in [4.69, 9.17) is 4.74 Å². The lowest BCUT2D eigenvalue weighted by Crippen LogP contribution is -2.60. The van der Waals surface area contributed by atoms with Gasteiger partial charge in [-0.3, -0.25) is 4.90 Å². The van der Waals surface area contributed by atoms with Crippen LogP contribution in [0.5, 0.6) is 0 Å². The molecule has 0 aromatic rings. The lowest BCUT2D eigenvalue weighted by molar-refractivity contribution is -0.202. The van der Waals surface area contributed by atoms with Gasteiger partial charge in [0.1, 0.15) is 6.04 Å². The van der Waals surface area contributed by atoms with E-state index in [1.54, 1.807) is 12.0 Å². The first-order chi connectivity index (χ1) is 11.8. The summed E-state index contributed by atoms with van der Waals surface area (Å²) >= 11 is 0. The average molecular weight is 364 g/mol. The van der Waals surface area contributed by atoms with E-state index in [0.717, 1.165) is 44.7 Å². The molecule has 3 nitrogen and oxygen atoms in total. The monoisotopic (exact) mass is 364 g/mol. The van der Waals surface area contributed by atoms with Crippen molar-refractivity contribution < 1.29 is 17.9 Å². The number of rotatable bonds is 7. The van der Waals surface area contributed by atoms with Crippen LogP contribution in [0.3, 0.4) is 0 Å². The highest BCUT2D eigenvalue weighted by molar-refractivity contribution is 4.88. The van der Waals surface area contributed by atoms with E-state index in [-0.39, 0.29) is 12.6 Å². The van der Waals surface area contributed by atoms with Crippen LogP contribution in [0.2, 0.25) is 0 Å². The molecule has 148 valence electrons. The van der Waals surface area contributed by atoms with Gasteiger partial charge in [-0.15, -0.1) is 0 Å². The van der Waals surface area contributed by atoms with Crippen molar-refractivity contribution in [3.63, 3.8) is 0 Å². The maximum absolute atomic E-state index is 13.3. The molecule has 0 N–H and O–H groups in total. The molecule has 2 fully saturated rings. The van der Waals surface area contributed by atoms with E-state index in [0.29, 0.717) is 12.6 Å². The highest BCUT2D eigenvalue weighted by atomic mass is 19.4. The van der Waals surface area contributed by atoms with E-state index < -0.39 is 12.2 Å². The van der Waals surface area contributed by atoms with Gasteiger partial charge in [0.2, 0.25) is 0 Å². The summed E-state index contributed by atoms with van der Waals surface area (Å²) in [6.45, 7) is 5.90. The minimum atomic E-state index is -4.14. The molecule has 1 aliphatic carbocycles. The Kier molecular flexibility index (Phi) is 8.02. The molecular weight excluding hydrogens is 329 g/mol. The Hall–Kier alpha value is -0.330. The molecule has 1 heterocycles. The van der Waals surface area contributed by atoms with Crippen molar-refractivity contribution in [3.8, 4) is 0 Å². The molecule has 0 radical (unpaired) electrons. The van der Waals surface area contributed by atoms with Crippen molar-refractivity contribution in [3.05, 3.63) is 0 Å². The Labute approximate surface area is 150 Å². The van der Waals surface area contributed by atoms with Crippen molar-refractivity contribution in [1.82, 2.24) is 9.80 Å². The summed E-state index contributed by atoms with van der Waals surface area (Å²) in [7, 11) is 1.79. The lowest BCUT2D eigenvalue weighted by atomic mass is 9.84. The van der Waals surface area contributed by atoms with Gasteiger partial charge < -0.3 is 9.64 Å². The molecule has 0 amide bonds. The third-order valence-corrected chi connectivity index (χ3v) is 6.01. The Morgan fingerprint density at radius 1 is 1.04 bits per heavy atom. The fourth-order valence-electron chi connectivity index (χ4n) is 4.39. The van der Waals surface area contributed by atoms with Crippen LogP contribution in [0.1, 0.15) is 58.8 Å². The molecule has 1 aliphatic heterocycles. The van der Waals surface area contributed by atoms with Gasteiger partial charge in [-0.2, -0.15) is 13.2 Å². The van der Waals surface area contributed by atoms with Gasteiger partial charge in [-0.25, -0.2) is 0 Å². The van der Waals surface area contributed by atoms with Crippen LogP contribution in [-0.2, 0) is 4.74 Å². The van der Waals surface area contributed by atoms with Crippen LogP contribution in [0.15, 0.2) is 0 Å². The number of hydrogen-bond acceptors (Lipinski definition) is 3. The number of alkyl halides is 3. The van der Waals surface area contributed by atoms with E-state index in [9.17, 15) is 13.2 Å². The van der Waals surface area contributed by atoms with E-state index in [1.165, 1.54) is 19.3 Å². The minimum Gasteiger partial charge on any atom is -0.381 e. The first kappa shape index (κ1) is 21.0. The number of halogens is 3. The molecule has 1 saturated carbocycles. The minimum absolute atomic E-state index is 0.0593. The van der Waals surface area contributed by atoms with Gasteiger partial charge in [-0.1, -0.05) is 12.8 Å². The van der Waals surface area contributed by atoms with Gasteiger partial charge in [-0.05, 0) is 58.4 Å². The Balaban J connectivity index is 1.68. The molecule has 25 heavy (non-hydrogen) atoms. The predicted octanol–water partition coefficient (Wildman–Crippen LogP) is 4.32. The van der Waals surface area contributed by atoms with Crippen LogP contribution in [-0.4, -0.2) is 67.5 Å². The van der Waals surface area contributed by atoms with Crippen molar-refractivity contribution >= 4 is 0 Å². The zero-order valence-electron chi connectivity index (χ0n) is 16.0. The Bertz CT molecular complexity index is 381. The van der Waals surface area contributed by atoms with Crippen LogP contribution in [0, 0.1) is 5.92 Å². The lowest BCUT2D eigenvalue weighted by Gasteiger charge is -2.44. The highest BCUT2D eigenvalue weighted by Gasteiger charge is 2.46. The zero-order chi connectivity index (χ0) is 18.4. The Morgan fingerprint density at radius 2 is 1.72 bits per heavy atom. The number of ether oxygens (including phenoxy) is 1. The van der Waals surface area contributed by atoms with Crippen LogP contribution >= 0.6 is 0 Å². The zero-order valence-corrected chi connectivity index (χ0v) is 16.0. The standard InChI is InChI=1S/C19H35F3N2O/c1-15(2)24-13-12-23(14-18(24)19(20,21)22)11-5-4-6-16-7-9-17(25-3)10-8-16/h15-18H,4-14H2,1-3H3/t16?,17?,18-/m1/s1. The van der Waals surface area contributed by atoms with Crippen molar-refractivity contribution in [2.24, 2.45) is 5.92 Å². The normalized spacial score (nSPS) is 30.1. The molecule has 1 atom stereocenters. The molecule has 0 aromatic carbocycles. The summed E-state index contributed by atoms with van der Waals surface area (Å²) in [5.74, 6) is 0.784. The fraction of sp³-hybridized carbons (Fsp3) is 1.00. The second-order valence-corrected chi connectivity index (χ2v) is 8.06. The third-order valence-electron chi connectivity index (χ3n) is 6.01. The first-order valence-corrected chi connectivity index (χ1v) is 9.89. The largest absolute Gasteiger partial charge is 0.405 e. The second-order valence-electron chi connectivity index (χ2n) is 8.06. The molecule has 0 aromatic heterocycles. The molecule has 6 heteroatoms. The van der Waals surface area contributed by atoms with E-state index in [2.05, 4.69) is 0 Å². The summed E-state index contributed by atoms with van der Waals surface area (Å²) in [4.78, 5) is 3.61. The van der Waals surface area contributed by atoms with Gasteiger partial charge in [0.05, 0.1) is 6.10 Å². The molecule has 0 bridgehead atoms. The molecule has 2 rings (SSSR count). The number of hydrogen-bond donors (Lipinski definition) is 0. The predicted molar refractivity (Wildman–Crippen MR) is 94.7 cm³/mol. The SMILES string of the molecule is COC1CCC(CCCCN2CCN(C(C)C)[C@@H](C(F)(F)F)C2)CC1. The van der Waals surface area contributed by atoms with Crippen molar-refractivity contribution in [2.45, 2.75) is 83.2 Å². The summed E-state index contributed by atoms with van der Waals surface area (Å²) in [6.07, 6.45) is 4.45.